The first-order valence-corrected chi connectivity index (χ1v) is 13.3. The monoisotopic (exact) mass is 522 g/mol. The lowest BCUT2D eigenvalue weighted by Gasteiger charge is -2.30. The van der Waals surface area contributed by atoms with E-state index in [1.54, 1.807) is 0 Å². The van der Waals surface area contributed by atoms with Crippen molar-refractivity contribution < 1.29 is 38.0 Å². The number of rotatable bonds is 11. The zero-order valence-corrected chi connectivity index (χ0v) is 21.2. The number of sulfonamides is 1. The van der Waals surface area contributed by atoms with Crippen LogP contribution >= 0.6 is 0 Å². The van der Waals surface area contributed by atoms with Crippen LogP contribution in [0.25, 0.3) is 0 Å². The molecule has 3 rings (SSSR count). The Morgan fingerprint density at radius 1 is 1.14 bits per heavy atom. The minimum Gasteiger partial charge on any atom is -0.504 e. The number of aliphatic hydroxyl groups excluding tert-OH is 1. The van der Waals surface area contributed by atoms with Gasteiger partial charge >= 0.3 is 6.09 Å². The Morgan fingerprint density at radius 3 is 2.47 bits per heavy atom. The number of aliphatic hydroxyl groups is 1. The van der Waals surface area contributed by atoms with Gasteiger partial charge < -0.3 is 30.1 Å². The highest BCUT2D eigenvalue weighted by molar-refractivity contribution is 7.89. The van der Waals surface area contributed by atoms with Crippen molar-refractivity contribution in [2.75, 3.05) is 26.3 Å². The molecule has 1 aliphatic heterocycles. The Balaban J connectivity index is 1.82. The molecule has 1 fully saturated rings. The highest BCUT2D eigenvalue weighted by Gasteiger charge is 2.32. The number of hydrogen-bond donors (Lipinski definition) is 4. The Bertz CT molecular complexity index is 1100. The van der Waals surface area contributed by atoms with Crippen LogP contribution in [0.4, 0.5) is 4.79 Å². The van der Waals surface area contributed by atoms with Crippen molar-refractivity contribution in [1.82, 2.24) is 9.62 Å². The third kappa shape index (κ3) is 7.57. The third-order valence-corrected chi connectivity index (χ3v) is 7.60. The van der Waals surface area contributed by atoms with E-state index in [1.165, 1.54) is 6.07 Å². The van der Waals surface area contributed by atoms with E-state index in [2.05, 4.69) is 5.32 Å². The molecular weight excluding hydrogens is 488 g/mol. The van der Waals surface area contributed by atoms with E-state index in [1.807, 2.05) is 44.2 Å². The van der Waals surface area contributed by atoms with Crippen LogP contribution in [0.15, 0.2) is 53.4 Å². The summed E-state index contributed by atoms with van der Waals surface area (Å²) in [7, 11) is -4.14. The Hall–Kier alpha value is -2.86. The van der Waals surface area contributed by atoms with Gasteiger partial charge in [-0.05, 0) is 30.0 Å². The number of phenols is 2. The lowest BCUT2D eigenvalue weighted by Crippen LogP contribution is -2.51. The normalized spacial score (nSPS) is 17.8. The Morgan fingerprint density at radius 2 is 1.86 bits per heavy atom. The first-order valence-electron chi connectivity index (χ1n) is 11.8. The molecule has 1 aliphatic rings. The molecule has 1 heterocycles. The van der Waals surface area contributed by atoms with Gasteiger partial charge in [0.2, 0.25) is 10.0 Å². The summed E-state index contributed by atoms with van der Waals surface area (Å²) in [5.41, 5.74) is 0.841. The lowest BCUT2D eigenvalue weighted by molar-refractivity contribution is 0.0644. The molecule has 0 unspecified atom stereocenters. The van der Waals surface area contributed by atoms with E-state index in [4.69, 9.17) is 9.47 Å². The summed E-state index contributed by atoms with van der Waals surface area (Å²) < 4.78 is 38.5. The second kappa shape index (κ2) is 12.4. The van der Waals surface area contributed by atoms with Crippen LogP contribution in [-0.4, -0.2) is 78.7 Å². The zero-order chi connectivity index (χ0) is 26.3. The van der Waals surface area contributed by atoms with E-state index in [0.29, 0.717) is 19.6 Å². The fraction of sp³-hybridized carbons (Fsp3) is 0.480. The number of carbonyl (C=O) groups is 1. The highest BCUT2D eigenvalue weighted by Crippen LogP contribution is 2.29. The van der Waals surface area contributed by atoms with Gasteiger partial charge in [-0.1, -0.05) is 44.2 Å². The molecule has 198 valence electrons. The van der Waals surface area contributed by atoms with Crippen molar-refractivity contribution >= 4 is 16.1 Å². The fourth-order valence-corrected chi connectivity index (χ4v) is 5.56. The SMILES string of the molecule is CC(C)CN(C[C@@H](O)[C@H](Cc1ccccc1)NC(=O)O[C@H]1CCOC1)S(=O)(=O)c1ccc(O)c(O)c1. The maximum absolute atomic E-state index is 13.4. The van der Waals surface area contributed by atoms with Gasteiger partial charge in [0.25, 0.3) is 0 Å². The molecule has 4 N–H and O–H groups in total. The minimum atomic E-state index is -4.14. The standard InChI is InChI=1S/C25H34N2O8S/c1-17(2)14-27(36(32,33)20-8-9-22(28)23(29)13-20)15-24(30)21(12-18-6-4-3-5-7-18)26-25(31)35-19-10-11-34-16-19/h3-9,13,17,19,21,24,28-30H,10-12,14-16H2,1-2H3,(H,26,31)/t19-,21-,24+/m0/s1. The predicted molar refractivity (Wildman–Crippen MR) is 132 cm³/mol. The summed E-state index contributed by atoms with van der Waals surface area (Å²) in [4.78, 5) is 12.3. The summed E-state index contributed by atoms with van der Waals surface area (Å²) in [6.45, 7) is 4.26. The van der Waals surface area contributed by atoms with E-state index < -0.39 is 39.8 Å². The molecule has 0 aromatic heterocycles. The Kier molecular flexibility index (Phi) is 9.55. The van der Waals surface area contributed by atoms with Gasteiger partial charge in [-0.25, -0.2) is 13.2 Å². The summed E-state index contributed by atoms with van der Waals surface area (Å²) in [6.07, 6.45) is -1.55. The highest BCUT2D eigenvalue weighted by atomic mass is 32.2. The predicted octanol–water partition coefficient (Wildman–Crippen LogP) is 2.23. The van der Waals surface area contributed by atoms with Gasteiger partial charge in [-0.2, -0.15) is 4.31 Å². The minimum absolute atomic E-state index is 0.0782. The molecule has 10 nitrogen and oxygen atoms in total. The molecule has 0 bridgehead atoms. The lowest BCUT2D eigenvalue weighted by atomic mass is 10.0. The van der Waals surface area contributed by atoms with Crippen molar-refractivity contribution in [3.8, 4) is 11.5 Å². The number of ether oxygens (including phenoxy) is 2. The number of carbonyl (C=O) groups excluding carboxylic acids is 1. The molecule has 0 aliphatic carbocycles. The second-order valence-corrected chi connectivity index (χ2v) is 11.2. The van der Waals surface area contributed by atoms with Crippen molar-refractivity contribution in [2.24, 2.45) is 5.92 Å². The van der Waals surface area contributed by atoms with Crippen molar-refractivity contribution in [3.63, 3.8) is 0 Å². The van der Waals surface area contributed by atoms with Crippen LogP contribution in [0.2, 0.25) is 0 Å². The number of amides is 1. The molecular formula is C25H34N2O8S. The summed E-state index contributed by atoms with van der Waals surface area (Å²) >= 11 is 0. The van der Waals surface area contributed by atoms with Gasteiger partial charge in [0.15, 0.2) is 11.5 Å². The topological polar surface area (TPSA) is 146 Å². The second-order valence-electron chi connectivity index (χ2n) is 9.27. The number of benzene rings is 2. The van der Waals surface area contributed by atoms with E-state index >= 15 is 0 Å². The smallest absolute Gasteiger partial charge is 0.407 e. The van der Waals surface area contributed by atoms with Crippen LogP contribution in [0.1, 0.15) is 25.8 Å². The number of nitrogens with zero attached hydrogens (tertiary/aromatic N) is 1. The van der Waals surface area contributed by atoms with Gasteiger partial charge in [0.1, 0.15) is 6.10 Å². The van der Waals surface area contributed by atoms with Crippen molar-refractivity contribution in [1.29, 1.82) is 0 Å². The number of alkyl carbamates (subject to hydrolysis) is 1. The molecule has 11 heteroatoms. The van der Waals surface area contributed by atoms with Crippen LogP contribution in [0, 0.1) is 5.92 Å². The summed E-state index contributed by atoms with van der Waals surface area (Å²) in [5, 5.41) is 33.3. The van der Waals surface area contributed by atoms with Gasteiger partial charge in [-0.15, -0.1) is 0 Å². The molecule has 2 aromatic carbocycles. The third-order valence-electron chi connectivity index (χ3n) is 5.77. The van der Waals surface area contributed by atoms with E-state index in [0.717, 1.165) is 22.0 Å². The number of aromatic hydroxyl groups is 2. The molecule has 3 atom stereocenters. The number of hydrogen-bond acceptors (Lipinski definition) is 8. The fourth-order valence-electron chi connectivity index (χ4n) is 3.92. The molecule has 0 spiro atoms. The molecule has 0 radical (unpaired) electrons. The van der Waals surface area contributed by atoms with Gasteiger partial charge in [0.05, 0.1) is 30.3 Å². The first-order chi connectivity index (χ1) is 17.1. The number of phenolic OH excluding ortho intramolecular Hbond substituents is 2. The first kappa shape index (κ1) is 27.7. The van der Waals surface area contributed by atoms with E-state index in [-0.39, 0.29) is 36.4 Å². The molecule has 2 aromatic rings. The molecule has 1 saturated heterocycles. The van der Waals surface area contributed by atoms with Gasteiger partial charge in [0, 0.05) is 25.6 Å². The summed E-state index contributed by atoms with van der Waals surface area (Å²) in [5.74, 6) is -1.09. The maximum atomic E-state index is 13.4. The van der Waals surface area contributed by atoms with Crippen LogP contribution in [-0.2, 0) is 25.9 Å². The van der Waals surface area contributed by atoms with Crippen molar-refractivity contribution in [2.45, 2.75) is 49.8 Å². The largest absolute Gasteiger partial charge is 0.504 e. The van der Waals surface area contributed by atoms with E-state index in [9.17, 15) is 28.5 Å². The van der Waals surface area contributed by atoms with Crippen LogP contribution in [0.3, 0.4) is 0 Å². The van der Waals surface area contributed by atoms with Crippen molar-refractivity contribution in [3.05, 3.63) is 54.1 Å². The quantitative estimate of drug-likeness (QED) is 0.329. The van der Waals surface area contributed by atoms with Crippen LogP contribution < -0.4 is 5.32 Å². The van der Waals surface area contributed by atoms with Crippen LogP contribution in [0.5, 0.6) is 11.5 Å². The average Bonchev–Trinajstić information content (AvgIpc) is 3.33. The molecule has 0 saturated carbocycles. The zero-order valence-electron chi connectivity index (χ0n) is 20.4. The molecule has 36 heavy (non-hydrogen) atoms. The average molecular weight is 523 g/mol. The molecule has 1 amide bonds. The van der Waals surface area contributed by atoms with Gasteiger partial charge in [-0.3, -0.25) is 0 Å². The Labute approximate surface area is 211 Å². The number of nitrogens with one attached hydrogen (secondary N) is 1. The summed E-state index contributed by atoms with van der Waals surface area (Å²) in [6, 6.07) is 11.6. The maximum Gasteiger partial charge on any atom is 0.407 e.